The van der Waals surface area contributed by atoms with E-state index >= 15 is 0 Å². The highest BCUT2D eigenvalue weighted by molar-refractivity contribution is 7.12. The van der Waals surface area contributed by atoms with Gasteiger partial charge in [-0.25, -0.2) is 0 Å². The molecule has 0 aromatic carbocycles. The molecule has 88 valence electrons. The Hall–Kier alpha value is -0.870. The molecule has 0 bridgehead atoms. The SMILES string of the molecule is CC1(C)C(O)CCCN1C(=O)c1cccs1. The van der Waals surface area contributed by atoms with E-state index in [0.717, 1.165) is 24.3 Å². The third-order valence-corrected chi connectivity index (χ3v) is 4.21. The second-order valence-corrected chi connectivity index (χ2v) is 5.69. The standard InChI is InChI=1S/C12H17NO2S/c1-12(2)10(14)6-3-7-13(12)11(15)9-5-4-8-16-9/h4-5,8,10,14H,3,6-7H2,1-2H3. The summed E-state index contributed by atoms with van der Waals surface area (Å²) in [5.41, 5.74) is -0.459. The number of rotatable bonds is 1. The number of aliphatic hydroxyl groups excluding tert-OH is 1. The van der Waals surface area contributed by atoms with E-state index in [0.29, 0.717) is 0 Å². The second-order valence-electron chi connectivity index (χ2n) is 4.75. The maximum Gasteiger partial charge on any atom is 0.264 e. The Balaban J connectivity index is 2.23. The van der Waals surface area contributed by atoms with Crippen molar-refractivity contribution < 1.29 is 9.90 Å². The number of amides is 1. The molecule has 0 saturated carbocycles. The van der Waals surface area contributed by atoms with Crippen molar-refractivity contribution in [2.75, 3.05) is 6.54 Å². The zero-order valence-corrected chi connectivity index (χ0v) is 10.5. The Labute approximate surface area is 99.7 Å². The number of hydrogen-bond donors (Lipinski definition) is 1. The Morgan fingerprint density at radius 1 is 1.62 bits per heavy atom. The van der Waals surface area contributed by atoms with E-state index in [9.17, 15) is 9.90 Å². The van der Waals surface area contributed by atoms with Crippen LogP contribution < -0.4 is 0 Å². The average Bonchev–Trinajstić information content (AvgIpc) is 2.74. The van der Waals surface area contributed by atoms with Crippen LogP contribution in [0.1, 0.15) is 36.4 Å². The molecule has 0 radical (unpaired) electrons. The summed E-state index contributed by atoms with van der Waals surface area (Å²) in [5, 5.41) is 11.9. The number of hydrogen-bond acceptors (Lipinski definition) is 3. The highest BCUT2D eigenvalue weighted by Crippen LogP contribution is 2.30. The summed E-state index contributed by atoms with van der Waals surface area (Å²) in [7, 11) is 0. The lowest BCUT2D eigenvalue weighted by Crippen LogP contribution is -2.58. The van der Waals surface area contributed by atoms with Gasteiger partial charge in [-0.05, 0) is 38.1 Å². The van der Waals surface area contributed by atoms with Gasteiger partial charge in [-0.3, -0.25) is 4.79 Å². The molecular weight excluding hydrogens is 222 g/mol. The zero-order valence-electron chi connectivity index (χ0n) is 9.64. The third kappa shape index (κ3) is 1.87. The van der Waals surface area contributed by atoms with E-state index in [-0.39, 0.29) is 5.91 Å². The van der Waals surface area contributed by atoms with Gasteiger partial charge in [0.05, 0.1) is 16.5 Å². The molecule has 2 heterocycles. The highest BCUT2D eigenvalue weighted by atomic mass is 32.1. The molecule has 1 aliphatic rings. The monoisotopic (exact) mass is 239 g/mol. The first-order valence-corrected chi connectivity index (χ1v) is 6.45. The zero-order chi connectivity index (χ0) is 11.8. The molecule has 1 amide bonds. The topological polar surface area (TPSA) is 40.5 Å². The normalized spacial score (nSPS) is 24.4. The van der Waals surface area contributed by atoms with Crippen LogP contribution >= 0.6 is 11.3 Å². The molecule has 0 spiro atoms. The molecule has 16 heavy (non-hydrogen) atoms. The van der Waals surface area contributed by atoms with Gasteiger partial charge in [0.1, 0.15) is 0 Å². The molecule has 3 nitrogen and oxygen atoms in total. The maximum absolute atomic E-state index is 12.2. The molecule has 1 fully saturated rings. The summed E-state index contributed by atoms with van der Waals surface area (Å²) in [4.78, 5) is 14.8. The first-order valence-electron chi connectivity index (χ1n) is 5.57. The van der Waals surface area contributed by atoms with Crippen LogP contribution in [-0.2, 0) is 0 Å². The van der Waals surface area contributed by atoms with Crippen LogP contribution in [0.5, 0.6) is 0 Å². The fourth-order valence-corrected chi connectivity index (χ4v) is 2.83. The number of aliphatic hydroxyl groups is 1. The summed E-state index contributed by atoms with van der Waals surface area (Å²) in [6, 6.07) is 3.72. The van der Waals surface area contributed by atoms with Gasteiger partial charge in [-0.2, -0.15) is 0 Å². The minimum atomic E-state index is -0.459. The second kappa shape index (κ2) is 4.18. The molecule has 1 aromatic rings. The quantitative estimate of drug-likeness (QED) is 0.815. The molecule has 0 aliphatic carbocycles. The van der Waals surface area contributed by atoms with E-state index in [4.69, 9.17) is 0 Å². The van der Waals surface area contributed by atoms with Crippen LogP contribution in [0.25, 0.3) is 0 Å². The maximum atomic E-state index is 12.2. The predicted octanol–water partition coefficient (Wildman–Crippen LogP) is 2.12. The first-order chi connectivity index (χ1) is 7.53. The highest BCUT2D eigenvalue weighted by Gasteiger charge is 2.40. The van der Waals surface area contributed by atoms with Crippen molar-refractivity contribution >= 4 is 17.2 Å². The number of likely N-dealkylation sites (tertiary alicyclic amines) is 1. The molecular formula is C12H17NO2S. The number of nitrogens with zero attached hydrogens (tertiary/aromatic N) is 1. The summed E-state index contributed by atoms with van der Waals surface area (Å²) in [5.74, 6) is 0.0405. The van der Waals surface area contributed by atoms with Crippen molar-refractivity contribution in [3.8, 4) is 0 Å². The van der Waals surface area contributed by atoms with Crippen molar-refractivity contribution in [2.24, 2.45) is 0 Å². The van der Waals surface area contributed by atoms with Gasteiger partial charge >= 0.3 is 0 Å². The average molecular weight is 239 g/mol. The summed E-state index contributed by atoms with van der Waals surface area (Å²) >= 11 is 1.45. The van der Waals surface area contributed by atoms with Crippen molar-refractivity contribution in [3.05, 3.63) is 22.4 Å². The molecule has 1 saturated heterocycles. The van der Waals surface area contributed by atoms with Crippen LogP contribution in [0.15, 0.2) is 17.5 Å². The molecule has 1 aromatic heterocycles. The van der Waals surface area contributed by atoms with Crippen molar-refractivity contribution in [1.82, 2.24) is 4.90 Å². The Kier molecular flexibility index (Phi) is 3.04. The van der Waals surface area contributed by atoms with Crippen molar-refractivity contribution in [1.29, 1.82) is 0 Å². The molecule has 4 heteroatoms. The fraction of sp³-hybridized carbons (Fsp3) is 0.583. The molecule has 1 unspecified atom stereocenters. The summed E-state index contributed by atoms with van der Waals surface area (Å²) in [6.07, 6.45) is 1.23. The van der Waals surface area contributed by atoms with Gasteiger partial charge in [-0.15, -0.1) is 11.3 Å². The van der Waals surface area contributed by atoms with Crippen LogP contribution in [0.4, 0.5) is 0 Å². The fourth-order valence-electron chi connectivity index (χ4n) is 2.16. The van der Waals surface area contributed by atoms with E-state index in [1.165, 1.54) is 11.3 Å². The van der Waals surface area contributed by atoms with E-state index in [2.05, 4.69) is 0 Å². The number of thiophene rings is 1. The van der Waals surface area contributed by atoms with Crippen LogP contribution in [0.2, 0.25) is 0 Å². The van der Waals surface area contributed by atoms with Crippen molar-refractivity contribution in [2.45, 2.75) is 38.3 Å². The number of piperidine rings is 1. The van der Waals surface area contributed by atoms with E-state index in [1.54, 1.807) is 4.90 Å². The van der Waals surface area contributed by atoms with Crippen LogP contribution in [-0.4, -0.2) is 34.1 Å². The summed E-state index contributed by atoms with van der Waals surface area (Å²) < 4.78 is 0. The van der Waals surface area contributed by atoms with Gasteiger partial charge in [-0.1, -0.05) is 6.07 Å². The Bertz CT molecular complexity index is 372. The van der Waals surface area contributed by atoms with E-state index < -0.39 is 11.6 Å². The lowest BCUT2D eigenvalue weighted by Gasteiger charge is -2.45. The first kappa shape index (κ1) is 11.6. The van der Waals surface area contributed by atoms with Crippen LogP contribution in [0, 0.1) is 0 Å². The lowest BCUT2D eigenvalue weighted by molar-refractivity contribution is -0.0305. The van der Waals surface area contributed by atoms with Crippen LogP contribution in [0.3, 0.4) is 0 Å². The molecule has 2 rings (SSSR count). The lowest BCUT2D eigenvalue weighted by atomic mass is 9.87. The van der Waals surface area contributed by atoms with Crippen molar-refractivity contribution in [3.63, 3.8) is 0 Å². The minimum absolute atomic E-state index is 0.0405. The van der Waals surface area contributed by atoms with Gasteiger partial charge in [0.15, 0.2) is 0 Å². The largest absolute Gasteiger partial charge is 0.391 e. The predicted molar refractivity (Wildman–Crippen MR) is 64.7 cm³/mol. The minimum Gasteiger partial charge on any atom is -0.391 e. The smallest absolute Gasteiger partial charge is 0.264 e. The summed E-state index contributed by atoms with van der Waals surface area (Å²) in [6.45, 7) is 4.60. The Morgan fingerprint density at radius 2 is 2.38 bits per heavy atom. The van der Waals surface area contributed by atoms with E-state index in [1.807, 2.05) is 31.4 Å². The van der Waals surface area contributed by atoms with Gasteiger partial charge in [0.2, 0.25) is 0 Å². The number of carbonyl (C=O) groups is 1. The molecule has 1 N–H and O–H groups in total. The van der Waals surface area contributed by atoms with Gasteiger partial charge in [0, 0.05) is 6.54 Å². The number of carbonyl (C=O) groups excluding carboxylic acids is 1. The van der Waals surface area contributed by atoms with Gasteiger partial charge < -0.3 is 10.0 Å². The third-order valence-electron chi connectivity index (χ3n) is 3.35. The van der Waals surface area contributed by atoms with Gasteiger partial charge in [0.25, 0.3) is 5.91 Å². The molecule has 1 aliphatic heterocycles. The molecule has 1 atom stereocenters. The Morgan fingerprint density at radius 3 is 3.00 bits per heavy atom.